The molecule has 2 rings (SSSR count). The number of hydrogen-bond acceptors (Lipinski definition) is 1. The fourth-order valence-electron chi connectivity index (χ4n) is 4.03. The Balaban J connectivity index is 1.91. The van der Waals surface area contributed by atoms with Crippen molar-refractivity contribution in [2.45, 2.75) is 77.7 Å². The van der Waals surface area contributed by atoms with Gasteiger partial charge >= 0.3 is 0 Å². The molecule has 0 bridgehead atoms. The lowest BCUT2D eigenvalue weighted by atomic mass is 9.70. The van der Waals surface area contributed by atoms with Crippen LogP contribution in [0.15, 0.2) is 0 Å². The van der Waals surface area contributed by atoms with Gasteiger partial charge in [-0.1, -0.05) is 58.8 Å². The first kappa shape index (κ1) is 13.4. The van der Waals surface area contributed by atoms with Crippen LogP contribution in [0.3, 0.4) is 0 Å². The topological polar surface area (TPSA) is 12.0 Å². The molecule has 0 aliphatic heterocycles. The van der Waals surface area contributed by atoms with E-state index < -0.39 is 0 Å². The first-order valence-electron chi connectivity index (χ1n) is 8.08. The highest BCUT2D eigenvalue weighted by molar-refractivity contribution is 4.87. The van der Waals surface area contributed by atoms with Gasteiger partial charge < -0.3 is 5.32 Å². The lowest BCUT2D eigenvalue weighted by molar-refractivity contribution is 0.140. The first-order valence-corrected chi connectivity index (χ1v) is 8.08. The van der Waals surface area contributed by atoms with Crippen LogP contribution >= 0.6 is 0 Å². The molecule has 1 N–H and O–H groups in total. The minimum Gasteiger partial charge on any atom is -0.314 e. The average molecular weight is 237 g/mol. The van der Waals surface area contributed by atoms with Crippen LogP contribution < -0.4 is 5.32 Å². The minimum absolute atomic E-state index is 0.829. The molecule has 0 heterocycles. The molecule has 2 fully saturated rings. The number of nitrogens with one attached hydrogen (secondary N) is 1. The van der Waals surface area contributed by atoms with Crippen molar-refractivity contribution in [1.82, 2.24) is 5.32 Å². The van der Waals surface area contributed by atoms with Crippen LogP contribution in [0.4, 0.5) is 0 Å². The minimum atomic E-state index is 0.829. The standard InChI is InChI=1S/C16H31N/c1-3-14-10-5-6-11-15(14)16(17-4-2)12-13-8-7-9-13/h13-17H,3-12H2,1-2H3. The van der Waals surface area contributed by atoms with Crippen molar-refractivity contribution < 1.29 is 0 Å². The van der Waals surface area contributed by atoms with Crippen molar-refractivity contribution in [1.29, 1.82) is 0 Å². The summed E-state index contributed by atoms with van der Waals surface area (Å²) >= 11 is 0. The quantitative estimate of drug-likeness (QED) is 0.723. The van der Waals surface area contributed by atoms with Crippen LogP contribution in [0.25, 0.3) is 0 Å². The van der Waals surface area contributed by atoms with Crippen molar-refractivity contribution in [3.05, 3.63) is 0 Å². The zero-order chi connectivity index (χ0) is 12.1. The predicted molar refractivity (Wildman–Crippen MR) is 75.2 cm³/mol. The van der Waals surface area contributed by atoms with Crippen molar-refractivity contribution in [2.75, 3.05) is 6.54 Å². The normalized spacial score (nSPS) is 32.1. The SMILES string of the molecule is CCNC(CC1CCC1)C1CCCCC1CC. The van der Waals surface area contributed by atoms with Gasteiger partial charge in [-0.25, -0.2) is 0 Å². The van der Waals surface area contributed by atoms with Crippen molar-refractivity contribution >= 4 is 0 Å². The molecule has 2 saturated carbocycles. The van der Waals surface area contributed by atoms with Crippen LogP contribution in [0.1, 0.15) is 71.6 Å². The molecule has 0 aromatic rings. The molecule has 0 amide bonds. The summed E-state index contributed by atoms with van der Waals surface area (Å²) in [7, 11) is 0. The fourth-order valence-corrected chi connectivity index (χ4v) is 4.03. The zero-order valence-electron chi connectivity index (χ0n) is 11.9. The molecular weight excluding hydrogens is 206 g/mol. The van der Waals surface area contributed by atoms with Gasteiger partial charge in [-0.3, -0.25) is 0 Å². The summed E-state index contributed by atoms with van der Waals surface area (Å²) in [5.74, 6) is 3.04. The second-order valence-corrected chi connectivity index (χ2v) is 6.31. The van der Waals surface area contributed by atoms with Gasteiger partial charge in [0.25, 0.3) is 0 Å². The zero-order valence-corrected chi connectivity index (χ0v) is 11.9. The van der Waals surface area contributed by atoms with Crippen LogP contribution in [-0.4, -0.2) is 12.6 Å². The molecule has 3 unspecified atom stereocenters. The van der Waals surface area contributed by atoms with Crippen LogP contribution in [0.2, 0.25) is 0 Å². The summed E-state index contributed by atoms with van der Waals surface area (Å²) in [4.78, 5) is 0. The molecule has 0 saturated heterocycles. The summed E-state index contributed by atoms with van der Waals surface area (Å²) in [6.45, 7) is 5.83. The third kappa shape index (κ3) is 3.47. The molecule has 0 aromatic heterocycles. The third-order valence-corrected chi connectivity index (χ3v) is 5.29. The van der Waals surface area contributed by atoms with E-state index >= 15 is 0 Å². The van der Waals surface area contributed by atoms with Crippen molar-refractivity contribution in [3.8, 4) is 0 Å². The van der Waals surface area contributed by atoms with Gasteiger partial charge in [0, 0.05) is 6.04 Å². The highest BCUT2D eigenvalue weighted by atomic mass is 14.9. The summed E-state index contributed by atoms with van der Waals surface area (Å²) < 4.78 is 0. The molecule has 0 spiro atoms. The van der Waals surface area contributed by atoms with E-state index in [9.17, 15) is 0 Å². The molecule has 1 nitrogen and oxygen atoms in total. The van der Waals surface area contributed by atoms with Gasteiger partial charge in [-0.2, -0.15) is 0 Å². The second-order valence-electron chi connectivity index (χ2n) is 6.31. The Morgan fingerprint density at radius 1 is 1.00 bits per heavy atom. The van der Waals surface area contributed by atoms with E-state index in [1.807, 2.05) is 0 Å². The monoisotopic (exact) mass is 237 g/mol. The van der Waals surface area contributed by atoms with Crippen LogP contribution in [0.5, 0.6) is 0 Å². The van der Waals surface area contributed by atoms with Crippen molar-refractivity contribution in [2.24, 2.45) is 17.8 Å². The number of rotatable bonds is 6. The molecule has 0 radical (unpaired) electrons. The lowest BCUT2D eigenvalue weighted by Crippen LogP contribution is -2.43. The Kier molecular flexibility index (Phi) is 5.34. The van der Waals surface area contributed by atoms with E-state index in [-0.39, 0.29) is 0 Å². The molecular formula is C16H31N. The Labute approximate surface area is 108 Å². The second kappa shape index (κ2) is 6.78. The summed E-state index contributed by atoms with van der Waals surface area (Å²) in [5, 5.41) is 3.82. The fraction of sp³-hybridized carbons (Fsp3) is 1.00. The van der Waals surface area contributed by atoms with E-state index in [1.54, 1.807) is 0 Å². The molecule has 3 atom stereocenters. The Morgan fingerprint density at radius 3 is 2.35 bits per heavy atom. The summed E-state index contributed by atoms with van der Waals surface area (Å²) in [5.41, 5.74) is 0. The van der Waals surface area contributed by atoms with E-state index in [1.165, 1.54) is 57.8 Å². The van der Waals surface area contributed by atoms with E-state index in [4.69, 9.17) is 0 Å². The van der Waals surface area contributed by atoms with Gasteiger partial charge in [0.1, 0.15) is 0 Å². The van der Waals surface area contributed by atoms with E-state index in [0.29, 0.717) is 0 Å². The Bertz CT molecular complexity index is 210. The van der Waals surface area contributed by atoms with E-state index in [2.05, 4.69) is 19.2 Å². The first-order chi connectivity index (χ1) is 8.35. The third-order valence-electron chi connectivity index (χ3n) is 5.29. The highest BCUT2D eigenvalue weighted by Gasteiger charge is 2.32. The maximum Gasteiger partial charge on any atom is 0.0100 e. The molecule has 0 aromatic carbocycles. The molecule has 100 valence electrons. The maximum absolute atomic E-state index is 3.82. The van der Waals surface area contributed by atoms with E-state index in [0.717, 1.165) is 30.3 Å². The van der Waals surface area contributed by atoms with Gasteiger partial charge in [0.15, 0.2) is 0 Å². The smallest absolute Gasteiger partial charge is 0.0100 e. The predicted octanol–water partition coefficient (Wildman–Crippen LogP) is 4.37. The van der Waals surface area contributed by atoms with Gasteiger partial charge in [-0.05, 0) is 37.1 Å². The average Bonchev–Trinajstić information content (AvgIpc) is 2.32. The molecule has 17 heavy (non-hydrogen) atoms. The molecule has 1 heteroatoms. The highest BCUT2D eigenvalue weighted by Crippen LogP contribution is 2.39. The summed E-state index contributed by atoms with van der Waals surface area (Å²) in [6, 6.07) is 0.829. The molecule has 2 aliphatic carbocycles. The van der Waals surface area contributed by atoms with Crippen LogP contribution in [0, 0.1) is 17.8 Å². The Morgan fingerprint density at radius 2 is 1.76 bits per heavy atom. The van der Waals surface area contributed by atoms with Crippen molar-refractivity contribution in [3.63, 3.8) is 0 Å². The van der Waals surface area contributed by atoms with Crippen LogP contribution in [-0.2, 0) is 0 Å². The molecule has 2 aliphatic rings. The number of hydrogen-bond donors (Lipinski definition) is 1. The summed E-state index contributed by atoms with van der Waals surface area (Å²) in [6.07, 6.45) is 13.3. The Hall–Kier alpha value is -0.0400. The van der Waals surface area contributed by atoms with Gasteiger partial charge in [0.2, 0.25) is 0 Å². The largest absolute Gasteiger partial charge is 0.314 e. The van der Waals surface area contributed by atoms with Gasteiger partial charge in [-0.15, -0.1) is 0 Å². The lowest BCUT2D eigenvalue weighted by Gasteiger charge is -2.40. The van der Waals surface area contributed by atoms with Gasteiger partial charge in [0.05, 0.1) is 0 Å². The maximum atomic E-state index is 3.82.